The monoisotopic (exact) mass is 363 g/mol. The zero-order chi connectivity index (χ0) is 17.8. The fraction of sp³-hybridized carbons (Fsp3) is 0.200. The smallest absolute Gasteiger partial charge is 0.356 e. The van der Waals surface area contributed by atoms with Gasteiger partial charge < -0.3 is 20.4 Å². The van der Waals surface area contributed by atoms with Gasteiger partial charge in [0.2, 0.25) is 11.0 Å². The van der Waals surface area contributed by atoms with Gasteiger partial charge in [0.25, 0.3) is 0 Å². The lowest BCUT2D eigenvalue weighted by Gasteiger charge is -2.07. The minimum Gasteiger partial charge on any atom is -0.461 e. The molecular formula is C15H14FN5O3S. The number of fused-ring (bicyclic) bond motifs is 1. The van der Waals surface area contributed by atoms with Crippen molar-refractivity contribution in [3.63, 3.8) is 0 Å². The third-order valence-electron chi connectivity index (χ3n) is 3.26. The lowest BCUT2D eigenvalue weighted by atomic mass is 10.2. The number of anilines is 2. The van der Waals surface area contributed by atoms with Gasteiger partial charge in [-0.25, -0.2) is 9.18 Å². The van der Waals surface area contributed by atoms with E-state index in [4.69, 9.17) is 4.74 Å². The highest BCUT2D eigenvalue weighted by Gasteiger charge is 2.21. The standard InChI is InChI=1S/C15H14FN5O3S/c1-2-24-14(23)13-12(9-5-8(16)3-4-10(9)19-13)20-11(22)6-17-15-21-18-7-25-15/h3-5,7,19H,2,6H2,1H3,(H,17,21)(H,20,22). The third kappa shape index (κ3) is 3.74. The predicted octanol–water partition coefficient (Wildman–Crippen LogP) is 2.39. The van der Waals surface area contributed by atoms with E-state index in [1.54, 1.807) is 6.92 Å². The van der Waals surface area contributed by atoms with E-state index in [0.29, 0.717) is 16.0 Å². The van der Waals surface area contributed by atoms with Gasteiger partial charge in [-0.1, -0.05) is 11.3 Å². The summed E-state index contributed by atoms with van der Waals surface area (Å²) in [6.45, 7) is 1.76. The molecule has 0 unspecified atom stereocenters. The number of nitrogens with one attached hydrogen (secondary N) is 3. The Labute approximate surface area is 145 Å². The molecule has 25 heavy (non-hydrogen) atoms. The highest BCUT2D eigenvalue weighted by atomic mass is 32.1. The number of nitrogens with zero attached hydrogens (tertiary/aromatic N) is 2. The molecule has 0 radical (unpaired) electrons. The molecule has 0 bridgehead atoms. The first kappa shape index (κ1) is 16.8. The van der Waals surface area contributed by atoms with E-state index in [-0.39, 0.29) is 24.5 Å². The molecule has 2 heterocycles. The van der Waals surface area contributed by atoms with Gasteiger partial charge in [-0.3, -0.25) is 4.79 Å². The maximum absolute atomic E-state index is 13.6. The van der Waals surface area contributed by atoms with Crippen molar-refractivity contribution in [2.45, 2.75) is 6.92 Å². The number of benzene rings is 1. The molecule has 0 spiro atoms. The lowest BCUT2D eigenvalue weighted by molar-refractivity contribution is -0.114. The molecule has 1 aromatic carbocycles. The molecule has 8 nitrogen and oxygen atoms in total. The number of H-pyrrole nitrogens is 1. The zero-order valence-corrected chi connectivity index (χ0v) is 13.9. The number of ether oxygens (including phenoxy) is 1. The molecule has 0 aliphatic heterocycles. The molecule has 1 amide bonds. The van der Waals surface area contributed by atoms with Gasteiger partial charge in [0, 0.05) is 10.9 Å². The van der Waals surface area contributed by atoms with Crippen LogP contribution in [0.2, 0.25) is 0 Å². The number of aromatic nitrogens is 3. The molecular weight excluding hydrogens is 349 g/mol. The molecule has 0 aliphatic rings. The summed E-state index contributed by atoms with van der Waals surface area (Å²) < 4.78 is 18.6. The average molecular weight is 363 g/mol. The normalized spacial score (nSPS) is 10.6. The Morgan fingerprint density at radius 3 is 2.96 bits per heavy atom. The van der Waals surface area contributed by atoms with E-state index < -0.39 is 17.7 Å². The van der Waals surface area contributed by atoms with Crippen molar-refractivity contribution in [2.24, 2.45) is 0 Å². The number of hydrogen-bond acceptors (Lipinski definition) is 7. The molecule has 0 fully saturated rings. The Morgan fingerprint density at radius 2 is 2.24 bits per heavy atom. The molecule has 3 N–H and O–H groups in total. The van der Waals surface area contributed by atoms with Crippen molar-refractivity contribution in [1.29, 1.82) is 0 Å². The third-order valence-corrected chi connectivity index (χ3v) is 3.91. The van der Waals surface area contributed by atoms with Gasteiger partial charge in [-0.05, 0) is 25.1 Å². The Balaban J connectivity index is 1.86. The largest absolute Gasteiger partial charge is 0.461 e. The summed E-state index contributed by atoms with van der Waals surface area (Å²) in [7, 11) is 0. The van der Waals surface area contributed by atoms with Crippen LogP contribution >= 0.6 is 11.3 Å². The quantitative estimate of drug-likeness (QED) is 0.580. The Morgan fingerprint density at radius 1 is 1.40 bits per heavy atom. The van der Waals surface area contributed by atoms with Crippen LogP contribution in [-0.4, -0.2) is 40.2 Å². The van der Waals surface area contributed by atoms with Crippen molar-refractivity contribution >= 4 is 44.9 Å². The number of halogens is 1. The van der Waals surface area contributed by atoms with Gasteiger partial charge >= 0.3 is 5.97 Å². The topological polar surface area (TPSA) is 109 Å². The second-order valence-corrected chi connectivity index (χ2v) is 5.76. The number of hydrogen-bond donors (Lipinski definition) is 3. The molecule has 0 saturated heterocycles. The number of aromatic amines is 1. The first-order valence-electron chi connectivity index (χ1n) is 7.36. The molecule has 0 aliphatic carbocycles. The van der Waals surface area contributed by atoms with E-state index in [1.165, 1.54) is 35.0 Å². The summed E-state index contributed by atoms with van der Waals surface area (Å²) >= 11 is 1.25. The van der Waals surface area contributed by atoms with Crippen LogP contribution in [0, 0.1) is 5.82 Å². The Hall–Kier alpha value is -3.01. The van der Waals surface area contributed by atoms with Gasteiger partial charge in [0.05, 0.1) is 18.8 Å². The van der Waals surface area contributed by atoms with Crippen molar-refractivity contribution in [3.8, 4) is 0 Å². The number of carbonyl (C=O) groups excluding carboxylic acids is 2. The summed E-state index contributed by atoms with van der Waals surface area (Å²) in [6.07, 6.45) is 0. The maximum atomic E-state index is 13.6. The predicted molar refractivity (Wildman–Crippen MR) is 91.2 cm³/mol. The molecule has 0 saturated carbocycles. The van der Waals surface area contributed by atoms with Crippen molar-refractivity contribution in [1.82, 2.24) is 15.2 Å². The van der Waals surface area contributed by atoms with Crippen LogP contribution in [0.3, 0.4) is 0 Å². The molecule has 0 atom stereocenters. The van der Waals surface area contributed by atoms with E-state index in [1.807, 2.05) is 0 Å². The minimum atomic E-state index is -0.633. The average Bonchev–Trinajstić information content (AvgIpc) is 3.21. The summed E-state index contributed by atoms with van der Waals surface area (Å²) in [5.74, 6) is -1.54. The Kier molecular flexibility index (Phi) is 4.89. The van der Waals surface area contributed by atoms with E-state index in [2.05, 4.69) is 25.8 Å². The SMILES string of the molecule is CCOC(=O)c1[nH]c2ccc(F)cc2c1NC(=O)CNc1nncs1. The fourth-order valence-electron chi connectivity index (χ4n) is 2.24. The van der Waals surface area contributed by atoms with Crippen LogP contribution in [0.15, 0.2) is 23.7 Å². The van der Waals surface area contributed by atoms with Crippen molar-refractivity contribution < 1.29 is 18.7 Å². The van der Waals surface area contributed by atoms with E-state index in [9.17, 15) is 14.0 Å². The molecule has 2 aromatic heterocycles. The molecule has 130 valence electrons. The summed E-state index contributed by atoms with van der Waals surface area (Å²) in [6, 6.07) is 3.99. The summed E-state index contributed by atoms with van der Waals surface area (Å²) in [5, 5.41) is 13.7. The number of amides is 1. The molecule has 10 heteroatoms. The van der Waals surface area contributed by atoms with Gasteiger partial charge in [-0.2, -0.15) is 0 Å². The van der Waals surface area contributed by atoms with E-state index >= 15 is 0 Å². The maximum Gasteiger partial charge on any atom is 0.356 e. The summed E-state index contributed by atoms with van der Waals surface area (Å²) in [5.41, 5.74) is 2.28. The number of rotatable bonds is 6. The van der Waals surface area contributed by atoms with Crippen LogP contribution in [0.25, 0.3) is 10.9 Å². The van der Waals surface area contributed by atoms with Crippen LogP contribution < -0.4 is 10.6 Å². The number of carbonyl (C=O) groups is 2. The van der Waals surface area contributed by atoms with Crippen molar-refractivity contribution in [3.05, 3.63) is 35.2 Å². The Bertz CT molecular complexity index is 909. The van der Waals surface area contributed by atoms with Gasteiger partial charge in [0.1, 0.15) is 17.0 Å². The van der Waals surface area contributed by atoms with Crippen LogP contribution in [0.5, 0.6) is 0 Å². The van der Waals surface area contributed by atoms with Crippen LogP contribution in [0.1, 0.15) is 17.4 Å². The number of esters is 1. The fourth-order valence-corrected chi connectivity index (χ4v) is 2.68. The first-order chi connectivity index (χ1) is 12.1. The molecule has 3 rings (SSSR count). The first-order valence-corrected chi connectivity index (χ1v) is 8.24. The van der Waals surface area contributed by atoms with Gasteiger partial charge in [-0.15, -0.1) is 10.2 Å². The summed E-state index contributed by atoms with van der Waals surface area (Å²) in [4.78, 5) is 27.2. The van der Waals surface area contributed by atoms with Crippen LogP contribution in [0.4, 0.5) is 15.2 Å². The lowest BCUT2D eigenvalue weighted by Crippen LogP contribution is -2.23. The molecule has 3 aromatic rings. The second-order valence-electron chi connectivity index (χ2n) is 4.93. The second kappa shape index (κ2) is 7.26. The van der Waals surface area contributed by atoms with Crippen LogP contribution in [-0.2, 0) is 9.53 Å². The highest BCUT2D eigenvalue weighted by Crippen LogP contribution is 2.29. The van der Waals surface area contributed by atoms with Gasteiger partial charge in [0.15, 0.2) is 0 Å². The highest BCUT2D eigenvalue weighted by molar-refractivity contribution is 7.13. The zero-order valence-electron chi connectivity index (χ0n) is 13.1. The van der Waals surface area contributed by atoms with E-state index in [0.717, 1.165) is 0 Å². The van der Waals surface area contributed by atoms with Crippen molar-refractivity contribution in [2.75, 3.05) is 23.8 Å². The minimum absolute atomic E-state index is 0.0618.